The van der Waals surface area contributed by atoms with Gasteiger partial charge in [-0.2, -0.15) is 0 Å². The maximum atomic E-state index is 12.1. The van der Waals surface area contributed by atoms with Crippen LogP contribution < -0.4 is 5.32 Å². The van der Waals surface area contributed by atoms with Gasteiger partial charge in [-0.15, -0.1) is 0 Å². The number of carbonyl (C=O) groups is 1. The third-order valence-electron chi connectivity index (χ3n) is 2.62. The van der Waals surface area contributed by atoms with E-state index in [2.05, 4.69) is 21.2 Å². The summed E-state index contributed by atoms with van der Waals surface area (Å²) >= 11 is 3.10. The third kappa shape index (κ3) is 4.00. The van der Waals surface area contributed by atoms with Crippen molar-refractivity contribution in [3.05, 3.63) is 38.3 Å². The maximum absolute atomic E-state index is 12.1. The summed E-state index contributed by atoms with van der Waals surface area (Å²) in [6, 6.07) is 4.23. The number of hydrogen-bond acceptors (Lipinski definition) is 4. The quantitative estimate of drug-likeness (QED) is 0.641. The fraction of sp³-hybridized carbons (Fsp3) is 0.417. The molecule has 1 rings (SSSR count). The molecule has 104 valence electrons. The van der Waals surface area contributed by atoms with E-state index in [-0.39, 0.29) is 27.7 Å². The molecule has 1 N–H and O–H groups in total. The summed E-state index contributed by atoms with van der Waals surface area (Å²) in [4.78, 5) is 22.3. The lowest BCUT2D eigenvalue weighted by molar-refractivity contribution is -0.385. The molecule has 0 saturated carbocycles. The van der Waals surface area contributed by atoms with Gasteiger partial charge in [0.1, 0.15) is 4.47 Å². The Balaban J connectivity index is 2.94. The highest BCUT2D eigenvalue weighted by Gasteiger charge is 2.20. The number of nitrogens with one attached hydrogen (secondary N) is 1. The van der Waals surface area contributed by atoms with Gasteiger partial charge >= 0.3 is 0 Å². The Kier molecular flexibility index (Phi) is 5.91. The van der Waals surface area contributed by atoms with Crippen molar-refractivity contribution in [2.45, 2.75) is 19.4 Å². The average Bonchev–Trinajstić information content (AvgIpc) is 2.37. The molecule has 0 radical (unpaired) electrons. The van der Waals surface area contributed by atoms with Crippen molar-refractivity contribution in [3.63, 3.8) is 0 Å². The highest BCUT2D eigenvalue weighted by atomic mass is 79.9. The average molecular weight is 331 g/mol. The van der Waals surface area contributed by atoms with Crippen molar-refractivity contribution in [3.8, 4) is 0 Å². The lowest BCUT2D eigenvalue weighted by Crippen LogP contribution is -2.37. The van der Waals surface area contributed by atoms with Crippen LogP contribution in [-0.2, 0) is 4.74 Å². The minimum absolute atomic E-state index is 0.122. The number of methoxy groups -OCH3 is 1. The van der Waals surface area contributed by atoms with E-state index in [9.17, 15) is 14.9 Å². The smallest absolute Gasteiger partial charge is 0.284 e. The first kappa shape index (κ1) is 15.6. The van der Waals surface area contributed by atoms with Gasteiger partial charge in [0.2, 0.25) is 0 Å². The van der Waals surface area contributed by atoms with Crippen molar-refractivity contribution in [1.29, 1.82) is 0 Å². The number of hydrogen-bond donors (Lipinski definition) is 1. The molecule has 0 bridgehead atoms. The molecule has 0 aliphatic carbocycles. The normalized spacial score (nSPS) is 11.9. The van der Waals surface area contributed by atoms with E-state index in [1.807, 2.05) is 6.92 Å². The number of rotatable bonds is 6. The van der Waals surface area contributed by atoms with E-state index in [1.54, 1.807) is 7.11 Å². The molecule has 0 spiro atoms. The van der Waals surface area contributed by atoms with Crippen molar-refractivity contribution >= 4 is 27.5 Å². The number of nitro benzene ring substituents is 1. The Morgan fingerprint density at radius 1 is 1.58 bits per heavy atom. The number of amides is 1. The first-order valence-electron chi connectivity index (χ1n) is 5.74. The standard InChI is InChI=1S/C12H15BrN2O4/c1-3-8(7-19-2)14-12(16)9-5-4-6-10(11(9)13)15(17)18/h4-6,8H,3,7H2,1-2H3,(H,14,16). The molecule has 19 heavy (non-hydrogen) atoms. The summed E-state index contributed by atoms with van der Waals surface area (Å²) in [6.07, 6.45) is 0.714. The molecule has 0 fully saturated rings. The molecule has 7 heteroatoms. The largest absolute Gasteiger partial charge is 0.383 e. The second-order valence-corrected chi connectivity index (χ2v) is 4.72. The zero-order valence-electron chi connectivity index (χ0n) is 10.7. The highest BCUT2D eigenvalue weighted by Crippen LogP contribution is 2.28. The fourth-order valence-electron chi connectivity index (χ4n) is 1.56. The molecular formula is C12H15BrN2O4. The van der Waals surface area contributed by atoms with Gasteiger partial charge in [0.15, 0.2) is 0 Å². The topological polar surface area (TPSA) is 81.5 Å². The lowest BCUT2D eigenvalue weighted by Gasteiger charge is -2.16. The van der Waals surface area contributed by atoms with E-state index >= 15 is 0 Å². The van der Waals surface area contributed by atoms with E-state index in [0.717, 1.165) is 0 Å². The molecule has 1 unspecified atom stereocenters. The van der Waals surface area contributed by atoms with Crippen LogP contribution in [0.5, 0.6) is 0 Å². The molecule has 6 nitrogen and oxygen atoms in total. The predicted molar refractivity (Wildman–Crippen MR) is 74.2 cm³/mol. The number of ether oxygens (including phenoxy) is 1. The second kappa shape index (κ2) is 7.20. The summed E-state index contributed by atoms with van der Waals surface area (Å²) in [6.45, 7) is 2.32. The zero-order chi connectivity index (χ0) is 14.4. The minimum Gasteiger partial charge on any atom is -0.383 e. The molecule has 1 atom stereocenters. The fourth-order valence-corrected chi connectivity index (χ4v) is 2.15. The van der Waals surface area contributed by atoms with Crippen LogP contribution in [0.3, 0.4) is 0 Å². The van der Waals surface area contributed by atoms with Crippen molar-refractivity contribution < 1.29 is 14.5 Å². The second-order valence-electron chi connectivity index (χ2n) is 3.93. The molecule has 0 aromatic heterocycles. The number of benzene rings is 1. The van der Waals surface area contributed by atoms with Crippen molar-refractivity contribution in [2.24, 2.45) is 0 Å². The zero-order valence-corrected chi connectivity index (χ0v) is 12.3. The molecule has 0 saturated heterocycles. The molecule has 1 aromatic carbocycles. The van der Waals surface area contributed by atoms with Crippen LogP contribution in [-0.4, -0.2) is 30.6 Å². The molecular weight excluding hydrogens is 316 g/mol. The van der Waals surface area contributed by atoms with Gasteiger partial charge in [-0.05, 0) is 28.4 Å². The van der Waals surface area contributed by atoms with E-state index < -0.39 is 4.92 Å². The summed E-state index contributed by atoms with van der Waals surface area (Å²) < 4.78 is 5.17. The van der Waals surface area contributed by atoms with Gasteiger partial charge in [-0.25, -0.2) is 0 Å². The molecule has 1 amide bonds. The Labute approximate surface area is 119 Å². The molecule has 0 heterocycles. The minimum atomic E-state index is -0.534. The van der Waals surface area contributed by atoms with E-state index in [4.69, 9.17) is 4.74 Å². The van der Waals surface area contributed by atoms with E-state index in [1.165, 1.54) is 18.2 Å². The Morgan fingerprint density at radius 2 is 2.26 bits per heavy atom. The SMILES string of the molecule is CCC(COC)NC(=O)c1cccc([N+](=O)[O-])c1Br. The summed E-state index contributed by atoms with van der Waals surface area (Å²) in [7, 11) is 1.55. The molecule has 0 aliphatic heterocycles. The van der Waals surface area contributed by atoms with Crippen LogP contribution in [0, 0.1) is 10.1 Å². The highest BCUT2D eigenvalue weighted by molar-refractivity contribution is 9.10. The van der Waals surface area contributed by atoms with Crippen LogP contribution >= 0.6 is 15.9 Å². The van der Waals surface area contributed by atoms with E-state index in [0.29, 0.717) is 13.0 Å². The first-order valence-corrected chi connectivity index (χ1v) is 6.53. The monoisotopic (exact) mass is 330 g/mol. The summed E-state index contributed by atoms with van der Waals surface area (Å²) in [5, 5.41) is 13.6. The van der Waals surface area contributed by atoms with Crippen LogP contribution in [0.1, 0.15) is 23.7 Å². The summed E-state index contributed by atoms with van der Waals surface area (Å²) in [5.41, 5.74) is 0.108. The van der Waals surface area contributed by atoms with Gasteiger partial charge in [-0.1, -0.05) is 13.0 Å². The van der Waals surface area contributed by atoms with Gasteiger partial charge in [0.25, 0.3) is 11.6 Å². The number of halogens is 1. The summed E-state index contributed by atoms with van der Waals surface area (Å²) in [5.74, 6) is -0.362. The van der Waals surface area contributed by atoms with Crippen molar-refractivity contribution in [1.82, 2.24) is 5.32 Å². The number of nitrogens with zero attached hydrogens (tertiary/aromatic N) is 1. The van der Waals surface area contributed by atoms with Crippen LogP contribution in [0.2, 0.25) is 0 Å². The third-order valence-corrected chi connectivity index (χ3v) is 3.45. The van der Waals surface area contributed by atoms with Gasteiger partial charge in [0.05, 0.1) is 23.1 Å². The first-order chi connectivity index (χ1) is 9.01. The number of nitro groups is 1. The van der Waals surface area contributed by atoms with Crippen LogP contribution in [0.25, 0.3) is 0 Å². The Bertz CT molecular complexity index is 479. The van der Waals surface area contributed by atoms with Gasteiger partial charge in [-0.3, -0.25) is 14.9 Å². The maximum Gasteiger partial charge on any atom is 0.284 e. The van der Waals surface area contributed by atoms with Crippen molar-refractivity contribution in [2.75, 3.05) is 13.7 Å². The molecule has 1 aromatic rings. The molecule has 0 aliphatic rings. The van der Waals surface area contributed by atoms with Gasteiger partial charge < -0.3 is 10.1 Å². The van der Waals surface area contributed by atoms with Crippen LogP contribution in [0.4, 0.5) is 5.69 Å². The lowest BCUT2D eigenvalue weighted by atomic mass is 10.1. The predicted octanol–water partition coefficient (Wildman–Crippen LogP) is 2.51. The van der Waals surface area contributed by atoms with Gasteiger partial charge in [0, 0.05) is 13.2 Å². The number of carbonyl (C=O) groups excluding carboxylic acids is 1. The Morgan fingerprint density at radius 3 is 2.79 bits per heavy atom. The Hall–Kier alpha value is -1.47. The van der Waals surface area contributed by atoms with Crippen LogP contribution in [0.15, 0.2) is 22.7 Å².